The standard InChI is InChI=1S/C14H16BrF2N3/c1-3-11-14(18)12(4-2)20(19-11)7-8-10(16)6-5-9(15)13(8)17/h5-6H,3-4,7,18H2,1-2H3. The van der Waals surface area contributed by atoms with Gasteiger partial charge in [-0.2, -0.15) is 5.10 Å². The first kappa shape index (κ1) is 15.0. The summed E-state index contributed by atoms with van der Waals surface area (Å²) in [6.45, 7) is 3.92. The molecule has 6 heteroatoms. The lowest BCUT2D eigenvalue weighted by Gasteiger charge is -2.09. The SMILES string of the molecule is CCc1nn(Cc2c(F)ccc(Br)c2F)c(CC)c1N. The van der Waals surface area contributed by atoms with Crippen molar-refractivity contribution in [3.63, 3.8) is 0 Å². The maximum Gasteiger partial charge on any atom is 0.145 e. The van der Waals surface area contributed by atoms with E-state index >= 15 is 0 Å². The van der Waals surface area contributed by atoms with Crippen molar-refractivity contribution in [2.45, 2.75) is 33.2 Å². The lowest BCUT2D eigenvalue weighted by Crippen LogP contribution is -2.10. The largest absolute Gasteiger partial charge is 0.396 e. The lowest BCUT2D eigenvalue weighted by atomic mass is 10.2. The zero-order valence-electron chi connectivity index (χ0n) is 11.4. The van der Waals surface area contributed by atoms with Crippen LogP contribution in [0.25, 0.3) is 0 Å². The molecule has 108 valence electrons. The summed E-state index contributed by atoms with van der Waals surface area (Å²) in [7, 11) is 0. The summed E-state index contributed by atoms with van der Waals surface area (Å²) in [5.74, 6) is -1.18. The third-order valence-electron chi connectivity index (χ3n) is 3.29. The minimum Gasteiger partial charge on any atom is -0.396 e. The van der Waals surface area contributed by atoms with Gasteiger partial charge in [-0.15, -0.1) is 0 Å². The van der Waals surface area contributed by atoms with Crippen LogP contribution < -0.4 is 5.73 Å². The van der Waals surface area contributed by atoms with Gasteiger partial charge in [0.05, 0.1) is 28.1 Å². The Kier molecular flexibility index (Phi) is 4.42. The Balaban J connectivity index is 2.48. The molecule has 1 aromatic heterocycles. The first-order valence-electron chi connectivity index (χ1n) is 6.45. The molecule has 0 saturated heterocycles. The number of nitrogens with zero attached hydrogens (tertiary/aromatic N) is 2. The van der Waals surface area contributed by atoms with E-state index in [0.717, 1.165) is 11.4 Å². The zero-order chi connectivity index (χ0) is 14.9. The van der Waals surface area contributed by atoms with Gasteiger partial charge in [-0.3, -0.25) is 4.68 Å². The molecular formula is C14H16BrF2N3. The number of hydrogen-bond donors (Lipinski definition) is 1. The molecule has 20 heavy (non-hydrogen) atoms. The molecule has 0 bridgehead atoms. The second-order valence-electron chi connectivity index (χ2n) is 4.49. The molecule has 0 spiro atoms. The topological polar surface area (TPSA) is 43.8 Å². The molecule has 0 unspecified atom stereocenters. The summed E-state index contributed by atoms with van der Waals surface area (Å²) in [5, 5.41) is 4.35. The smallest absolute Gasteiger partial charge is 0.145 e. The molecule has 2 aromatic rings. The van der Waals surface area contributed by atoms with Gasteiger partial charge in [-0.1, -0.05) is 13.8 Å². The third kappa shape index (κ3) is 2.57. The minimum atomic E-state index is -0.598. The van der Waals surface area contributed by atoms with E-state index in [1.54, 1.807) is 4.68 Å². The van der Waals surface area contributed by atoms with E-state index in [1.165, 1.54) is 12.1 Å². The molecule has 0 radical (unpaired) electrons. The summed E-state index contributed by atoms with van der Waals surface area (Å²) in [4.78, 5) is 0. The van der Waals surface area contributed by atoms with E-state index in [-0.39, 0.29) is 16.6 Å². The minimum absolute atomic E-state index is 0.0146. The molecule has 0 fully saturated rings. The Hall–Kier alpha value is -1.43. The van der Waals surface area contributed by atoms with Crippen molar-refractivity contribution in [2.24, 2.45) is 0 Å². The van der Waals surface area contributed by atoms with E-state index in [2.05, 4.69) is 21.0 Å². The van der Waals surface area contributed by atoms with Crippen molar-refractivity contribution in [3.8, 4) is 0 Å². The molecule has 2 N–H and O–H groups in total. The molecular weight excluding hydrogens is 328 g/mol. The van der Waals surface area contributed by atoms with Gasteiger partial charge < -0.3 is 5.73 Å². The summed E-state index contributed by atoms with van der Waals surface area (Å²) in [6, 6.07) is 2.59. The highest BCUT2D eigenvalue weighted by Gasteiger charge is 2.17. The molecule has 1 heterocycles. The van der Waals surface area contributed by atoms with Crippen LogP contribution in [-0.4, -0.2) is 9.78 Å². The highest BCUT2D eigenvalue weighted by atomic mass is 79.9. The summed E-state index contributed by atoms with van der Waals surface area (Å²) in [6.07, 6.45) is 1.35. The van der Waals surface area contributed by atoms with Crippen molar-refractivity contribution in [1.82, 2.24) is 9.78 Å². The second kappa shape index (κ2) is 5.91. The quantitative estimate of drug-likeness (QED) is 0.860. The number of anilines is 1. The highest BCUT2D eigenvalue weighted by molar-refractivity contribution is 9.10. The van der Waals surface area contributed by atoms with Gasteiger partial charge in [0, 0.05) is 5.56 Å². The number of aryl methyl sites for hydroxylation is 1. The van der Waals surface area contributed by atoms with Gasteiger partial charge in [0.25, 0.3) is 0 Å². The van der Waals surface area contributed by atoms with Crippen LogP contribution in [0.15, 0.2) is 16.6 Å². The zero-order valence-corrected chi connectivity index (χ0v) is 13.0. The third-order valence-corrected chi connectivity index (χ3v) is 3.90. The number of nitrogen functional groups attached to an aromatic ring is 1. The van der Waals surface area contributed by atoms with E-state index in [1.807, 2.05) is 13.8 Å². The number of hydrogen-bond acceptors (Lipinski definition) is 2. The maximum absolute atomic E-state index is 14.0. The van der Waals surface area contributed by atoms with Gasteiger partial charge in [-0.25, -0.2) is 8.78 Å². The van der Waals surface area contributed by atoms with Crippen LogP contribution in [0.1, 0.15) is 30.8 Å². The van der Waals surface area contributed by atoms with Crippen molar-refractivity contribution in [3.05, 3.63) is 45.2 Å². The van der Waals surface area contributed by atoms with E-state index in [0.29, 0.717) is 18.5 Å². The fourth-order valence-electron chi connectivity index (χ4n) is 2.19. The average Bonchev–Trinajstić information content (AvgIpc) is 2.74. The van der Waals surface area contributed by atoms with Crippen LogP contribution in [0.2, 0.25) is 0 Å². The molecule has 0 aliphatic heterocycles. The van der Waals surface area contributed by atoms with Crippen LogP contribution in [0.3, 0.4) is 0 Å². The Morgan fingerprint density at radius 1 is 1.25 bits per heavy atom. The number of rotatable bonds is 4. The lowest BCUT2D eigenvalue weighted by molar-refractivity contribution is 0.522. The number of benzene rings is 1. The first-order chi connectivity index (χ1) is 9.49. The Labute approximate surface area is 124 Å². The van der Waals surface area contributed by atoms with Crippen molar-refractivity contribution >= 4 is 21.6 Å². The molecule has 3 nitrogen and oxygen atoms in total. The summed E-state index contributed by atoms with van der Waals surface area (Å²) in [5.41, 5.74) is 8.17. The summed E-state index contributed by atoms with van der Waals surface area (Å²) >= 11 is 3.07. The number of nitrogens with two attached hydrogens (primary N) is 1. The van der Waals surface area contributed by atoms with Gasteiger partial charge in [0.15, 0.2) is 0 Å². The predicted octanol–water partition coefficient (Wildman–Crippen LogP) is 3.68. The van der Waals surface area contributed by atoms with Crippen LogP contribution >= 0.6 is 15.9 Å². The molecule has 2 rings (SSSR count). The molecule has 1 aromatic carbocycles. The monoisotopic (exact) mass is 343 g/mol. The molecule has 0 amide bonds. The fourth-order valence-corrected chi connectivity index (χ4v) is 2.57. The number of aromatic nitrogens is 2. The van der Waals surface area contributed by atoms with Gasteiger partial charge >= 0.3 is 0 Å². The predicted molar refractivity (Wildman–Crippen MR) is 78.6 cm³/mol. The normalized spacial score (nSPS) is 11.1. The molecule has 0 aliphatic rings. The second-order valence-corrected chi connectivity index (χ2v) is 5.35. The van der Waals surface area contributed by atoms with E-state index in [4.69, 9.17) is 5.73 Å². The van der Waals surface area contributed by atoms with Crippen molar-refractivity contribution in [2.75, 3.05) is 5.73 Å². The van der Waals surface area contributed by atoms with Gasteiger partial charge in [0.2, 0.25) is 0 Å². The van der Waals surface area contributed by atoms with Gasteiger partial charge in [0.1, 0.15) is 11.6 Å². The van der Waals surface area contributed by atoms with Crippen molar-refractivity contribution in [1.29, 1.82) is 0 Å². The Bertz CT molecular complexity index is 638. The maximum atomic E-state index is 14.0. The average molecular weight is 344 g/mol. The van der Waals surface area contributed by atoms with Crippen LogP contribution in [-0.2, 0) is 19.4 Å². The van der Waals surface area contributed by atoms with Crippen LogP contribution in [0.5, 0.6) is 0 Å². The summed E-state index contributed by atoms with van der Waals surface area (Å²) < 4.78 is 29.6. The van der Waals surface area contributed by atoms with Crippen LogP contribution in [0.4, 0.5) is 14.5 Å². The highest BCUT2D eigenvalue weighted by Crippen LogP contribution is 2.25. The van der Waals surface area contributed by atoms with Gasteiger partial charge in [-0.05, 0) is 40.9 Å². The first-order valence-corrected chi connectivity index (χ1v) is 7.25. The van der Waals surface area contributed by atoms with Crippen molar-refractivity contribution < 1.29 is 8.78 Å². The van der Waals surface area contributed by atoms with E-state index in [9.17, 15) is 8.78 Å². The van der Waals surface area contributed by atoms with E-state index < -0.39 is 11.6 Å². The molecule has 0 aliphatic carbocycles. The Morgan fingerprint density at radius 2 is 1.95 bits per heavy atom. The molecule has 0 saturated carbocycles. The van der Waals surface area contributed by atoms with Crippen LogP contribution in [0, 0.1) is 11.6 Å². The fraction of sp³-hybridized carbons (Fsp3) is 0.357. The number of halogens is 3. The molecule has 0 atom stereocenters. The Morgan fingerprint density at radius 3 is 2.55 bits per heavy atom.